The number of hydrogen-bond acceptors (Lipinski definition) is 2. The summed E-state index contributed by atoms with van der Waals surface area (Å²) in [5.41, 5.74) is -0.210. The number of halogens is 1. The van der Waals surface area contributed by atoms with E-state index in [-0.39, 0.29) is 0 Å². The molecule has 4 heteroatoms. The second-order valence-corrected chi connectivity index (χ2v) is 4.31. The molecule has 0 atom stereocenters. The molecule has 1 aromatic heterocycles. The van der Waals surface area contributed by atoms with Crippen LogP contribution in [0.4, 0.5) is 4.39 Å². The van der Waals surface area contributed by atoms with Crippen LogP contribution in [-0.4, -0.2) is 28.5 Å². The van der Waals surface area contributed by atoms with Gasteiger partial charge in [-0.15, -0.1) is 0 Å². The molecule has 0 saturated carbocycles. The Balaban J connectivity index is 2.02. The number of nitrogens with zero attached hydrogens (tertiary/aromatic N) is 2. The molecule has 0 bridgehead atoms. The van der Waals surface area contributed by atoms with Crippen molar-refractivity contribution in [2.24, 2.45) is 0 Å². The van der Waals surface area contributed by atoms with Gasteiger partial charge < -0.3 is 5.32 Å². The highest BCUT2D eigenvalue weighted by Crippen LogP contribution is 2.21. The number of nitrogens with one attached hydrogen (secondary N) is 1. The van der Waals surface area contributed by atoms with Gasteiger partial charge in [-0.25, -0.2) is 4.39 Å². The number of alkyl halides is 1. The Morgan fingerprint density at radius 1 is 1.64 bits per heavy atom. The van der Waals surface area contributed by atoms with Crippen molar-refractivity contribution in [1.29, 1.82) is 0 Å². The monoisotopic (exact) mass is 197 g/mol. The van der Waals surface area contributed by atoms with E-state index in [2.05, 4.69) is 24.3 Å². The molecule has 0 aromatic carbocycles. The highest BCUT2D eigenvalue weighted by atomic mass is 19.1. The maximum Gasteiger partial charge on any atom is 0.141 e. The van der Waals surface area contributed by atoms with Gasteiger partial charge in [-0.1, -0.05) is 0 Å². The van der Waals surface area contributed by atoms with Crippen molar-refractivity contribution in [3.05, 3.63) is 18.0 Å². The summed E-state index contributed by atoms with van der Waals surface area (Å²) in [4.78, 5) is 0. The van der Waals surface area contributed by atoms with Crippen molar-refractivity contribution in [1.82, 2.24) is 15.1 Å². The molecule has 3 nitrogen and oxygen atoms in total. The van der Waals surface area contributed by atoms with E-state index in [4.69, 9.17) is 0 Å². The van der Waals surface area contributed by atoms with Crippen molar-refractivity contribution in [2.75, 3.05) is 13.1 Å². The van der Waals surface area contributed by atoms with E-state index in [0.717, 1.165) is 5.69 Å². The number of hydrogen-bond donors (Lipinski definition) is 1. The quantitative estimate of drug-likeness (QED) is 0.792. The molecule has 0 spiro atoms. The Labute approximate surface area is 83.3 Å². The lowest BCUT2D eigenvalue weighted by Gasteiger charge is -2.34. The second-order valence-electron chi connectivity index (χ2n) is 4.31. The second kappa shape index (κ2) is 3.35. The van der Waals surface area contributed by atoms with E-state index < -0.39 is 5.67 Å². The Kier molecular flexibility index (Phi) is 2.31. The van der Waals surface area contributed by atoms with Gasteiger partial charge in [0.25, 0.3) is 0 Å². The summed E-state index contributed by atoms with van der Waals surface area (Å²) in [7, 11) is 0. The summed E-state index contributed by atoms with van der Waals surface area (Å²) < 4.78 is 15.6. The van der Waals surface area contributed by atoms with Crippen molar-refractivity contribution >= 4 is 0 Å². The van der Waals surface area contributed by atoms with Gasteiger partial charge in [-0.2, -0.15) is 5.10 Å². The van der Waals surface area contributed by atoms with Crippen molar-refractivity contribution < 1.29 is 4.39 Å². The lowest BCUT2D eigenvalue weighted by Crippen LogP contribution is -2.57. The fourth-order valence-electron chi connectivity index (χ4n) is 1.61. The first-order valence-corrected chi connectivity index (χ1v) is 5.03. The highest BCUT2D eigenvalue weighted by molar-refractivity contribution is 5.08. The van der Waals surface area contributed by atoms with Crippen molar-refractivity contribution in [3.8, 4) is 0 Å². The number of aromatic nitrogens is 2. The summed E-state index contributed by atoms with van der Waals surface area (Å²) in [6, 6.07) is 2.25. The van der Waals surface area contributed by atoms with Crippen LogP contribution in [0.15, 0.2) is 12.3 Å². The molecule has 78 valence electrons. The van der Waals surface area contributed by atoms with Crippen LogP contribution in [0.1, 0.15) is 25.6 Å². The largest absolute Gasteiger partial charge is 0.310 e. The Bertz CT molecular complexity index is 315. The van der Waals surface area contributed by atoms with Gasteiger partial charge in [0.1, 0.15) is 5.67 Å². The van der Waals surface area contributed by atoms with E-state index in [1.807, 2.05) is 16.9 Å². The minimum atomic E-state index is -1.06. The SMILES string of the molecule is CC(C)n1ccc(CC2(F)CNC2)n1. The van der Waals surface area contributed by atoms with Crippen LogP contribution in [-0.2, 0) is 6.42 Å². The maximum absolute atomic E-state index is 13.7. The first kappa shape index (κ1) is 9.65. The molecule has 1 aromatic rings. The van der Waals surface area contributed by atoms with E-state index in [0.29, 0.717) is 25.6 Å². The van der Waals surface area contributed by atoms with Gasteiger partial charge in [0.15, 0.2) is 0 Å². The Morgan fingerprint density at radius 3 is 2.79 bits per heavy atom. The summed E-state index contributed by atoms with van der Waals surface area (Å²) in [6.07, 6.45) is 2.34. The zero-order chi connectivity index (χ0) is 10.2. The first-order valence-electron chi connectivity index (χ1n) is 5.03. The molecule has 14 heavy (non-hydrogen) atoms. The van der Waals surface area contributed by atoms with Gasteiger partial charge in [-0.05, 0) is 19.9 Å². The van der Waals surface area contributed by atoms with Crippen molar-refractivity contribution in [3.63, 3.8) is 0 Å². The summed E-state index contributed by atoms with van der Waals surface area (Å²) in [5, 5.41) is 7.27. The molecule has 0 unspecified atom stereocenters. The normalized spacial score (nSPS) is 19.7. The first-order chi connectivity index (χ1) is 6.59. The summed E-state index contributed by atoms with van der Waals surface area (Å²) in [5.74, 6) is 0. The molecule has 0 aliphatic carbocycles. The molecular formula is C10H16FN3. The molecule has 0 radical (unpaired) electrons. The third-order valence-electron chi connectivity index (χ3n) is 2.57. The van der Waals surface area contributed by atoms with Gasteiger partial charge in [-0.3, -0.25) is 4.68 Å². The average molecular weight is 197 g/mol. The predicted molar refractivity (Wildman–Crippen MR) is 53.0 cm³/mol. The Morgan fingerprint density at radius 2 is 2.36 bits per heavy atom. The molecule has 1 aliphatic rings. The average Bonchev–Trinajstić information content (AvgIpc) is 2.50. The molecule has 1 saturated heterocycles. The molecule has 0 amide bonds. The summed E-state index contributed by atoms with van der Waals surface area (Å²) in [6.45, 7) is 5.04. The van der Waals surface area contributed by atoms with Gasteiger partial charge in [0.05, 0.1) is 5.69 Å². The lowest BCUT2D eigenvalue weighted by atomic mass is 9.94. The van der Waals surface area contributed by atoms with Crippen LogP contribution < -0.4 is 5.32 Å². The van der Waals surface area contributed by atoms with Gasteiger partial charge in [0.2, 0.25) is 0 Å². The smallest absolute Gasteiger partial charge is 0.141 e. The minimum absolute atomic E-state index is 0.346. The third-order valence-corrected chi connectivity index (χ3v) is 2.57. The van der Waals surface area contributed by atoms with E-state index in [1.54, 1.807) is 0 Å². The topological polar surface area (TPSA) is 29.9 Å². The van der Waals surface area contributed by atoms with Crippen LogP contribution in [0.5, 0.6) is 0 Å². The summed E-state index contributed by atoms with van der Waals surface area (Å²) >= 11 is 0. The van der Waals surface area contributed by atoms with Crippen LogP contribution in [0, 0.1) is 0 Å². The molecule has 1 aliphatic heterocycles. The van der Waals surface area contributed by atoms with E-state index in [9.17, 15) is 4.39 Å². The molecular weight excluding hydrogens is 181 g/mol. The predicted octanol–water partition coefficient (Wildman–Crippen LogP) is 1.32. The molecule has 2 rings (SSSR count). The van der Waals surface area contributed by atoms with E-state index >= 15 is 0 Å². The van der Waals surface area contributed by atoms with Gasteiger partial charge >= 0.3 is 0 Å². The third kappa shape index (κ3) is 1.80. The minimum Gasteiger partial charge on any atom is -0.310 e. The molecule has 1 fully saturated rings. The molecule has 1 N–H and O–H groups in total. The fraction of sp³-hybridized carbons (Fsp3) is 0.700. The zero-order valence-electron chi connectivity index (χ0n) is 8.63. The van der Waals surface area contributed by atoms with Crippen LogP contribution in [0.25, 0.3) is 0 Å². The fourth-order valence-corrected chi connectivity index (χ4v) is 1.61. The van der Waals surface area contributed by atoms with Crippen molar-refractivity contribution in [2.45, 2.75) is 32.0 Å². The Hall–Kier alpha value is -0.900. The lowest BCUT2D eigenvalue weighted by molar-refractivity contribution is 0.0898. The molecule has 2 heterocycles. The van der Waals surface area contributed by atoms with E-state index in [1.165, 1.54) is 0 Å². The zero-order valence-corrected chi connectivity index (χ0v) is 8.63. The van der Waals surface area contributed by atoms with Crippen LogP contribution in [0.2, 0.25) is 0 Å². The van der Waals surface area contributed by atoms with Gasteiger partial charge in [0, 0.05) is 31.7 Å². The maximum atomic E-state index is 13.7. The highest BCUT2D eigenvalue weighted by Gasteiger charge is 2.37. The van der Waals surface area contributed by atoms with Crippen LogP contribution >= 0.6 is 0 Å². The standard InChI is InChI=1S/C10H16FN3/c1-8(2)14-4-3-9(13-14)5-10(11)6-12-7-10/h3-4,8,12H,5-7H2,1-2H3. The number of rotatable bonds is 3. The van der Waals surface area contributed by atoms with Crippen LogP contribution in [0.3, 0.4) is 0 Å².